The van der Waals surface area contributed by atoms with Crippen LogP contribution in [0, 0.1) is 0 Å². The van der Waals surface area contributed by atoms with Crippen molar-refractivity contribution in [2.24, 2.45) is 0 Å². The van der Waals surface area contributed by atoms with Crippen molar-refractivity contribution >= 4 is 44.9 Å². The lowest BCUT2D eigenvalue weighted by atomic mass is 10.1. The van der Waals surface area contributed by atoms with Crippen molar-refractivity contribution < 1.29 is 18.0 Å². The summed E-state index contributed by atoms with van der Waals surface area (Å²) in [6.45, 7) is 3.05. The van der Waals surface area contributed by atoms with Crippen molar-refractivity contribution in [2.45, 2.75) is 42.6 Å². The molecule has 9 heteroatoms. The van der Waals surface area contributed by atoms with Gasteiger partial charge in [-0.15, -0.1) is 23.1 Å². The van der Waals surface area contributed by atoms with Gasteiger partial charge in [-0.1, -0.05) is 25.1 Å². The van der Waals surface area contributed by atoms with Crippen LogP contribution in [-0.2, 0) is 20.6 Å². The zero-order chi connectivity index (χ0) is 22.3. The molecule has 2 heterocycles. The van der Waals surface area contributed by atoms with Crippen molar-refractivity contribution in [3.05, 3.63) is 52.9 Å². The van der Waals surface area contributed by atoms with Gasteiger partial charge in [0, 0.05) is 37.4 Å². The van der Waals surface area contributed by atoms with E-state index < -0.39 is 15.9 Å². The summed E-state index contributed by atoms with van der Waals surface area (Å²) >= 11 is 3.36. The van der Waals surface area contributed by atoms with Crippen molar-refractivity contribution in [2.75, 3.05) is 25.4 Å². The van der Waals surface area contributed by atoms with Crippen LogP contribution in [0.3, 0.4) is 0 Å². The fraction of sp³-hybridized carbons (Fsp3) is 0.455. The number of benzene rings is 1. The van der Waals surface area contributed by atoms with Crippen molar-refractivity contribution in [3.8, 4) is 0 Å². The van der Waals surface area contributed by atoms with Gasteiger partial charge in [-0.25, -0.2) is 12.7 Å². The molecule has 0 N–H and O–H groups in total. The van der Waals surface area contributed by atoms with Crippen LogP contribution in [-0.4, -0.2) is 54.8 Å². The van der Waals surface area contributed by atoms with E-state index in [9.17, 15) is 18.0 Å². The van der Waals surface area contributed by atoms with Gasteiger partial charge in [0.15, 0.2) is 0 Å². The molecule has 2 amide bonds. The third-order valence-corrected chi connectivity index (χ3v) is 9.18. The number of nitrogens with zero attached hydrogens (tertiary/aromatic N) is 2. The smallest absolute Gasteiger partial charge is 0.267 e. The molecule has 3 rings (SSSR count). The Morgan fingerprint density at radius 2 is 2.10 bits per heavy atom. The standard InChI is InChI=1S/C22H28N2O4S3/c1-2-15-31(27,28)24(13-6-12-23-11-4-9-20(23)25)22(26)19-8-3-7-18(16-19)17-30-21-10-5-14-29-21/h3,5,7-8,10,14,16H,2,4,6,9,11-13,15,17H2,1H3. The lowest BCUT2D eigenvalue weighted by Crippen LogP contribution is -2.40. The number of hydrogen-bond donors (Lipinski definition) is 0. The molecule has 1 aliphatic rings. The topological polar surface area (TPSA) is 74.8 Å². The molecule has 6 nitrogen and oxygen atoms in total. The molecule has 168 valence electrons. The van der Waals surface area contributed by atoms with Crippen LogP contribution in [0.15, 0.2) is 46.0 Å². The number of amides is 2. The summed E-state index contributed by atoms with van der Waals surface area (Å²) in [5.41, 5.74) is 1.35. The van der Waals surface area contributed by atoms with Crippen LogP contribution in [0.1, 0.15) is 48.5 Å². The second kappa shape index (κ2) is 11.2. The molecule has 0 saturated carbocycles. The van der Waals surface area contributed by atoms with Crippen LogP contribution < -0.4 is 0 Å². The first-order valence-electron chi connectivity index (χ1n) is 10.5. The monoisotopic (exact) mass is 480 g/mol. The number of sulfonamides is 1. The van der Waals surface area contributed by atoms with Crippen LogP contribution >= 0.6 is 23.1 Å². The van der Waals surface area contributed by atoms with Gasteiger partial charge < -0.3 is 4.90 Å². The predicted octanol–water partition coefficient (Wildman–Crippen LogP) is 4.23. The second-order valence-electron chi connectivity index (χ2n) is 7.45. The van der Waals surface area contributed by atoms with E-state index in [4.69, 9.17) is 0 Å². The van der Waals surface area contributed by atoms with Crippen LogP contribution in [0.4, 0.5) is 0 Å². The van der Waals surface area contributed by atoms with Crippen molar-refractivity contribution in [1.82, 2.24) is 9.21 Å². The van der Waals surface area contributed by atoms with Crippen molar-refractivity contribution in [1.29, 1.82) is 0 Å². The van der Waals surface area contributed by atoms with Gasteiger partial charge in [-0.05, 0) is 48.4 Å². The molecule has 1 fully saturated rings. The maximum Gasteiger partial charge on any atom is 0.267 e. The Balaban J connectivity index is 1.70. The minimum absolute atomic E-state index is 0.0741. The lowest BCUT2D eigenvalue weighted by Gasteiger charge is -2.24. The highest BCUT2D eigenvalue weighted by atomic mass is 32.2. The molecule has 1 saturated heterocycles. The number of thioether (sulfide) groups is 1. The normalized spacial score (nSPS) is 14.2. The van der Waals surface area contributed by atoms with Gasteiger partial charge in [-0.3, -0.25) is 9.59 Å². The average Bonchev–Trinajstić information content (AvgIpc) is 3.41. The van der Waals surface area contributed by atoms with E-state index in [1.165, 1.54) is 4.21 Å². The zero-order valence-corrected chi connectivity index (χ0v) is 20.1. The first kappa shape index (κ1) is 23.8. The molecule has 0 spiro atoms. The highest BCUT2D eigenvalue weighted by Gasteiger charge is 2.28. The van der Waals surface area contributed by atoms with Gasteiger partial charge >= 0.3 is 0 Å². The molecular weight excluding hydrogens is 452 g/mol. The van der Waals surface area contributed by atoms with Gasteiger partial charge in [0.05, 0.1) is 9.96 Å². The minimum atomic E-state index is -3.71. The van der Waals surface area contributed by atoms with Crippen LogP contribution in [0.5, 0.6) is 0 Å². The Bertz CT molecular complexity index is 990. The quantitative estimate of drug-likeness (QED) is 0.450. The SMILES string of the molecule is CCCS(=O)(=O)N(CCCN1CCCC1=O)C(=O)c1cccc(CSc2cccs2)c1. The summed E-state index contributed by atoms with van der Waals surface area (Å²) in [4.78, 5) is 26.8. The Hall–Kier alpha value is -1.84. The van der Waals surface area contributed by atoms with E-state index in [0.29, 0.717) is 43.7 Å². The average molecular weight is 481 g/mol. The number of rotatable bonds is 11. The van der Waals surface area contributed by atoms with E-state index in [1.54, 1.807) is 53.1 Å². The molecule has 1 aromatic heterocycles. The first-order valence-corrected chi connectivity index (χ1v) is 14.0. The molecule has 1 aromatic carbocycles. The highest BCUT2D eigenvalue weighted by Crippen LogP contribution is 2.27. The maximum atomic E-state index is 13.2. The molecule has 0 aliphatic carbocycles. The van der Waals surface area contributed by atoms with Crippen LogP contribution in [0.25, 0.3) is 0 Å². The number of carbonyl (C=O) groups excluding carboxylic acids is 2. The lowest BCUT2D eigenvalue weighted by molar-refractivity contribution is -0.127. The van der Waals surface area contributed by atoms with Gasteiger partial charge in [0.1, 0.15) is 0 Å². The van der Waals surface area contributed by atoms with E-state index in [2.05, 4.69) is 6.07 Å². The first-order chi connectivity index (χ1) is 14.9. The predicted molar refractivity (Wildman–Crippen MR) is 126 cm³/mol. The van der Waals surface area contributed by atoms with E-state index in [-0.39, 0.29) is 18.2 Å². The Kier molecular flexibility index (Phi) is 8.57. The summed E-state index contributed by atoms with van der Waals surface area (Å²) in [5, 5.41) is 2.02. The van der Waals surface area contributed by atoms with E-state index >= 15 is 0 Å². The molecule has 0 atom stereocenters. The summed E-state index contributed by atoms with van der Waals surface area (Å²) in [6.07, 6.45) is 2.27. The number of hydrogen-bond acceptors (Lipinski definition) is 6. The second-order valence-corrected chi connectivity index (χ2v) is 11.7. The molecule has 2 aromatic rings. The van der Waals surface area contributed by atoms with E-state index in [1.807, 2.05) is 17.5 Å². The summed E-state index contributed by atoms with van der Waals surface area (Å²) in [6, 6.07) is 11.2. The van der Waals surface area contributed by atoms with Gasteiger partial charge in [-0.2, -0.15) is 0 Å². The Morgan fingerprint density at radius 1 is 1.26 bits per heavy atom. The number of thiophene rings is 1. The Morgan fingerprint density at radius 3 is 2.77 bits per heavy atom. The van der Waals surface area contributed by atoms with Crippen molar-refractivity contribution in [3.63, 3.8) is 0 Å². The minimum Gasteiger partial charge on any atom is -0.343 e. The maximum absolute atomic E-state index is 13.2. The number of carbonyl (C=O) groups is 2. The highest BCUT2D eigenvalue weighted by molar-refractivity contribution is 8.00. The molecular formula is C22H28N2O4S3. The fourth-order valence-corrected chi connectivity index (χ4v) is 6.75. The number of likely N-dealkylation sites (tertiary alicyclic amines) is 1. The molecule has 0 radical (unpaired) electrons. The summed E-state index contributed by atoms with van der Waals surface area (Å²) in [5.74, 6) is 0.241. The van der Waals surface area contributed by atoms with Gasteiger partial charge in [0.25, 0.3) is 5.91 Å². The van der Waals surface area contributed by atoms with Gasteiger partial charge in [0.2, 0.25) is 15.9 Å². The summed E-state index contributed by atoms with van der Waals surface area (Å²) in [7, 11) is -3.71. The largest absolute Gasteiger partial charge is 0.343 e. The molecule has 0 unspecified atom stereocenters. The molecule has 31 heavy (non-hydrogen) atoms. The molecule has 0 bridgehead atoms. The fourth-order valence-electron chi connectivity index (χ4n) is 3.52. The van der Waals surface area contributed by atoms with Crippen LogP contribution in [0.2, 0.25) is 0 Å². The zero-order valence-electron chi connectivity index (χ0n) is 17.7. The van der Waals surface area contributed by atoms with E-state index in [0.717, 1.165) is 16.3 Å². The third kappa shape index (κ3) is 6.57. The third-order valence-electron chi connectivity index (χ3n) is 5.04. The Labute approximate surface area is 192 Å². The summed E-state index contributed by atoms with van der Waals surface area (Å²) < 4.78 is 27.8. The molecule has 1 aliphatic heterocycles.